The molecule has 0 aliphatic rings. The number of nitrogens with two attached hydrogens (primary N) is 1. The predicted octanol–water partition coefficient (Wildman–Crippen LogP) is 2.78. The van der Waals surface area contributed by atoms with Crippen molar-refractivity contribution in [2.24, 2.45) is 0 Å². The highest BCUT2D eigenvalue weighted by Gasteiger charge is 2.11. The van der Waals surface area contributed by atoms with Gasteiger partial charge in [0.25, 0.3) is 0 Å². The van der Waals surface area contributed by atoms with Gasteiger partial charge in [-0.3, -0.25) is 4.79 Å². The summed E-state index contributed by atoms with van der Waals surface area (Å²) in [5.74, 6) is 0.443. The van der Waals surface area contributed by atoms with Crippen molar-refractivity contribution in [2.45, 2.75) is 38.5 Å². The van der Waals surface area contributed by atoms with E-state index in [4.69, 9.17) is 5.73 Å². The number of amides is 1. The van der Waals surface area contributed by atoms with Crippen LogP contribution in [0.2, 0.25) is 0 Å². The van der Waals surface area contributed by atoms with Crippen molar-refractivity contribution in [3.05, 3.63) is 95.2 Å². The molecule has 162 valence electrons. The molecule has 1 amide bonds. The molecule has 2 aromatic carbocycles. The molecule has 0 bridgehead atoms. The summed E-state index contributed by atoms with van der Waals surface area (Å²) < 4.78 is 0. The lowest BCUT2D eigenvalue weighted by atomic mass is 10.0. The Labute approximate surface area is 183 Å². The maximum absolute atomic E-state index is 12.3. The van der Waals surface area contributed by atoms with Crippen LogP contribution < -0.4 is 16.4 Å². The summed E-state index contributed by atoms with van der Waals surface area (Å²) >= 11 is 0. The van der Waals surface area contributed by atoms with Gasteiger partial charge in [-0.25, -0.2) is 4.98 Å². The highest BCUT2D eigenvalue weighted by atomic mass is 16.3. The van der Waals surface area contributed by atoms with Gasteiger partial charge in [-0.15, -0.1) is 0 Å². The maximum Gasteiger partial charge on any atom is 0.224 e. The van der Waals surface area contributed by atoms with Crippen molar-refractivity contribution >= 4 is 11.7 Å². The van der Waals surface area contributed by atoms with Crippen LogP contribution in [0.4, 0.5) is 5.82 Å². The molecule has 6 nitrogen and oxygen atoms in total. The zero-order chi connectivity index (χ0) is 22.1. The number of pyridine rings is 1. The average molecular weight is 419 g/mol. The van der Waals surface area contributed by atoms with Crippen molar-refractivity contribution < 1.29 is 9.90 Å². The molecule has 31 heavy (non-hydrogen) atoms. The van der Waals surface area contributed by atoms with E-state index in [2.05, 4.69) is 34.7 Å². The number of aliphatic hydroxyl groups is 1. The minimum Gasteiger partial charge on any atom is -0.387 e. The zero-order valence-electron chi connectivity index (χ0n) is 17.8. The SMILES string of the molecule is C[C@H](Cc1cccc(CC(=O)NCc2ccccc2)c1)NC[C@@H](O)c1ccc(N)nc1. The number of nitrogens with zero attached hydrogens (tertiary/aromatic N) is 1. The van der Waals surface area contributed by atoms with Gasteiger partial charge < -0.3 is 21.5 Å². The molecular formula is C25H30N4O2. The largest absolute Gasteiger partial charge is 0.387 e. The Morgan fingerprint density at radius 3 is 2.52 bits per heavy atom. The van der Waals surface area contributed by atoms with Crippen LogP contribution in [0.3, 0.4) is 0 Å². The molecule has 0 saturated carbocycles. The average Bonchev–Trinajstić information content (AvgIpc) is 2.77. The molecule has 6 heteroatoms. The van der Waals surface area contributed by atoms with Gasteiger partial charge in [0, 0.05) is 30.9 Å². The topological polar surface area (TPSA) is 100 Å². The smallest absolute Gasteiger partial charge is 0.224 e. The van der Waals surface area contributed by atoms with E-state index in [1.54, 1.807) is 18.3 Å². The summed E-state index contributed by atoms with van der Waals surface area (Å²) in [7, 11) is 0. The molecule has 2 atom stereocenters. The van der Waals surface area contributed by atoms with Gasteiger partial charge >= 0.3 is 0 Å². The molecule has 0 unspecified atom stereocenters. The zero-order valence-corrected chi connectivity index (χ0v) is 17.8. The molecule has 0 spiro atoms. The molecule has 0 aliphatic carbocycles. The lowest BCUT2D eigenvalue weighted by Crippen LogP contribution is -2.32. The number of aliphatic hydroxyl groups excluding tert-OH is 1. The first-order valence-electron chi connectivity index (χ1n) is 10.5. The fraction of sp³-hybridized carbons (Fsp3) is 0.280. The summed E-state index contributed by atoms with van der Waals surface area (Å²) in [6, 6.07) is 21.6. The Hall–Kier alpha value is -3.22. The third kappa shape index (κ3) is 7.51. The molecule has 1 heterocycles. The Kier molecular flexibility index (Phi) is 8.15. The second-order valence-electron chi connectivity index (χ2n) is 7.80. The predicted molar refractivity (Wildman–Crippen MR) is 123 cm³/mol. The number of carbonyl (C=O) groups excluding carboxylic acids is 1. The van der Waals surface area contributed by atoms with Gasteiger partial charge in [0.1, 0.15) is 5.82 Å². The van der Waals surface area contributed by atoms with Crippen molar-refractivity contribution in [1.82, 2.24) is 15.6 Å². The van der Waals surface area contributed by atoms with Crippen LogP contribution in [0, 0.1) is 0 Å². The Morgan fingerprint density at radius 2 is 1.77 bits per heavy atom. The first-order valence-corrected chi connectivity index (χ1v) is 10.5. The highest BCUT2D eigenvalue weighted by Crippen LogP contribution is 2.13. The molecule has 5 N–H and O–H groups in total. The van der Waals surface area contributed by atoms with E-state index in [-0.39, 0.29) is 11.9 Å². The monoisotopic (exact) mass is 418 g/mol. The van der Waals surface area contributed by atoms with Crippen LogP contribution in [-0.4, -0.2) is 28.6 Å². The summed E-state index contributed by atoms with van der Waals surface area (Å²) in [4.78, 5) is 16.3. The number of hydrogen-bond acceptors (Lipinski definition) is 5. The van der Waals surface area contributed by atoms with E-state index >= 15 is 0 Å². The lowest BCUT2D eigenvalue weighted by molar-refractivity contribution is -0.120. The Morgan fingerprint density at radius 1 is 1.03 bits per heavy atom. The van der Waals surface area contributed by atoms with Gasteiger partial charge in [0.2, 0.25) is 5.91 Å². The second kappa shape index (κ2) is 11.2. The highest BCUT2D eigenvalue weighted by molar-refractivity contribution is 5.78. The van der Waals surface area contributed by atoms with Crippen LogP contribution in [0.25, 0.3) is 0 Å². The van der Waals surface area contributed by atoms with Gasteiger partial charge in [0.15, 0.2) is 0 Å². The quantitative estimate of drug-likeness (QED) is 0.406. The number of aromatic nitrogens is 1. The number of anilines is 1. The van der Waals surface area contributed by atoms with Crippen molar-refractivity contribution in [2.75, 3.05) is 12.3 Å². The third-order valence-corrected chi connectivity index (χ3v) is 5.08. The van der Waals surface area contributed by atoms with E-state index in [0.717, 1.165) is 28.7 Å². The first kappa shape index (κ1) is 22.5. The number of nitrogens with one attached hydrogen (secondary N) is 2. The van der Waals surface area contributed by atoms with Crippen LogP contribution in [-0.2, 0) is 24.2 Å². The van der Waals surface area contributed by atoms with Crippen molar-refractivity contribution in [3.63, 3.8) is 0 Å². The minimum atomic E-state index is -0.643. The van der Waals surface area contributed by atoms with Crippen molar-refractivity contribution in [1.29, 1.82) is 0 Å². The van der Waals surface area contributed by atoms with Gasteiger partial charge in [-0.2, -0.15) is 0 Å². The summed E-state index contributed by atoms with van der Waals surface area (Å²) in [6.07, 6.45) is 2.10. The molecule has 0 saturated heterocycles. The van der Waals surface area contributed by atoms with Crippen LogP contribution in [0.5, 0.6) is 0 Å². The summed E-state index contributed by atoms with van der Waals surface area (Å²) in [6.45, 7) is 3.04. The normalized spacial score (nSPS) is 12.8. The van der Waals surface area contributed by atoms with E-state index in [1.165, 1.54) is 0 Å². The molecule has 3 aromatic rings. The van der Waals surface area contributed by atoms with Crippen molar-refractivity contribution in [3.8, 4) is 0 Å². The molecule has 1 aromatic heterocycles. The second-order valence-corrected chi connectivity index (χ2v) is 7.80. The lowest BCUT2D eigenvalue weighted by Gasteiger charge is -2.18. The van der Waals surface area contributed by atoms with Gasteiger partial charge in [-0.1, -0.05) is 60.7 Å². The summed E-state index contributed by atoms with van der Waals surface area (Å²) in [5, 5.41) is 16.6. The Bertz CT molecular complexity index is 961. The van der Waals surface area contributed by atoms with E-state index < -0.39 is 6.10 Å². The van der Waals surface area contributed by atoms with Gasteiger partial charge in [0.05, 0.1) is 12.5 Å². The van der Waals surface area contributed by atoms with Crippen LogP contribution in [0.1, 0.15) is 35.3 Å². The molecule has 0 fully saturated rings. The number of rotatable bonds is 10. The Balaban J connectivity index is 1.45. The van der Waals surface area contributed by atoms with E-state index in [9.17, 15) is 9.90 Å². The summed E-state index contributed by atoms with van der Waals surface area (Å²) in [5.41, 5.74) is 9.54. The van der Waals surface area contributed by atoms with Gasteiger partial charge in [-0.05, 0) is 36.1 Å². The number of hydrogen-bond donors (Lipinski definition) is 4. The fourth-order valence-corrected chi connectivity index (χ4v) is 3.38. The standard InChI is InChI=1S/C25H30N4O2/c1-18(27-17-23(30)22-10-11-24(26)28-16-22)12-20-8-5-9-21(13-20)14-25(31)29-15-19-6-3-2-4-7-19/h2-11,13,16,18,23,27,30H,12,14-15,17H2,1H3,(H2,26,28)(H,29,31)/t18-,23-/m1/s1. The van der Waals surface area contributed by atoms with E-state index in [1.807, 2.05) is 42.5 Å². The molecule has 3 rings (SSSR count). The number of carbonyl (C=O) groups is 1. The fourth-order valence-electron chi connectivity index (χ4n) is 3.38. The number of nitrogen functional groups attached to an aromatic ring is 1. The molecule has 0 aliphatic heterocycles. The minimum absolute atomic E-state index is 0.00686. The van der Waals surface area contributed by atoms with Crippen LogP contribution in [0.15, 0.2) is 72.9 Å². The third-order valence-electron chi connectivity index (χ3n) is 5.08. The molecular weight excluding hydrogens is 388 g/mol. The van der Waals surface area contributed by atoms with Crippen LogP contribution >= 0.6 is 0 Å². The maximum atomic E-state index is 12.3. The van der Waals surface area contributed by atoms with E-state index in [0.29, 0.717) is 25.3 Å². The number of benzene rings is 2. The molecule has 0 radical (unpaired) electrons. The first-order chi connectivity index (χ1) is 15.0.